The fourth-order valence-corrected chi connectivity index (χ4v) is 1.96. The summed E-state index contributed by atoms with van der Waals surface area (Å²) in [6.45, 7) is 0. The molecule has 0 bridgehead atoms. The van der Waals surface area contributed by atoms with Crippen molar-refractivity contribution in [3.63, 3.8) is 0 Å². The molecule has 7 heteroatoms. The Morgan fingerprint density at radius 1 is 1.42 bits per heavy atom. The first-order valence-electron chi connectivity index (χ1n) is 5.15. The van der Waals surface area contributed by atoms with E-state index in [1.807, 2.05) is 0 Å². The second kappa shape index (κ2) is 5.54. The van der Waals surface area contributed by atoms with Gasteiger partial charge in [-0.1, -0.05) is 27.5 Å². The van der Waals surface area contributed by atoms with Crippen molar-refractivity contribution in [2.45, 2.75) is 0 Å². The SMILES string of the molecule is Nc1cc(C(=O)Nc2cc(Br)ccc2F)c(Cl)cn1. The number of amides is 1. The molecule has 0 atom stereocenters. The van der Waals surface area contributed by atoms with E-state index in [0.717, 1.165) is 0 Å². The Morgan fingerprint density at radius 3 is 2.89 bits per heavy atom. The van der Waals surface area contributed by atoms with Gasteiger partial charge in [0.15, 0.2) is 0 Å². The molecular formula is C12H8BrClFN3O. The number of nitrogens with zero attached hydrogens (tertiary/aromatic N) is 1. The minimum absolute atomic E-state index is 0.0471. The van der Waals surface area contributed by atoms with Gasteiger partial charge >= 0.3 is 0 Å². The molecule has 3 N–H and O–H groups in total. The summed E-state index contributed by atoms with van der Waals surface area (Å²) < 4.78 is 14.2. The second-order valence-electron chi connectivity index (χ2n) is 3.67. The number of hydrogen-bond acceptors (Lipinski definition) is 3. The maximum atomic E-state index is 13.5. The minimum Gasteiger partial charge on any atom is -0.384 e. The summed E-state index contributed by atoms with van der Waals surface area (Å²) in [6.07, 6.45) is 1.27. The minimum atomic E-state index is -0.559. The summed E-state index contributed by atoms with van der Waals surface area (Å²) in [5, 5.41) is 2.56. The molecule has 0 unspecified atom stereocenters. The van der Waals surface area contributed by atoms with Crippen LogP contribution in [0.3, 0.4) is 0 Å². The molecule has 19 heavy (non-hydrogen) atoms. The zero-order valence-corrected chi connectivity index (χ0v) is 11.8. The Hall–Kier alpha value is -1.66. The number of pyridine rings is 1. The third-order valence-corrected chi connectivity index (χ3v) is 3.09. The van der Waals surface area contributed by atoms with Crippen molar-refractivity contribution < 1.29 is 9.18 Å². The van der Waals surface area contributed by atoms with Crippen LogP contribution in [0.1, 0.15) is 10.4 Å². The van der Waals surface area contributed by atoms with Gasteiger partial charge in [0.05, 0.1) is 16.3 Å². The van der Waals surface area contributed by atoms with Crippen LogP contribution in [-0.4, -0.2) is 10.9 Å². The standard InChI is InChI=1S/C12H8BrClFN3O/c13-6-1-2-9(15)10(3-6)18-12(19)7-4-11(16)17-5-8(7)14/h1-5H,(H2,16,17)(H,18,19). The summed E-state index contributed by atoms with van der Waals surface area (Å²) in [4.78, 5) is 15.7. The number of hydrogen-bond donors (Lipinski definition) is 2. The predicted octanol–water partition coefficient (Wildman–Crippen LogP) is 3.47. The Morgan fingerprint density at radius 2 is 2.16 bits per heavy atom. The molecule has 1 aromatic carbocycles. The number of nitrogen functional groups attached to an aromatic ring is 1. The van der Waals surface area contributed by atoms with Gasteiger partial charge in [0, 0.05) is 10.7 Å². The van der Waals surface area contributed by atoms with Crippen molar-refractivity contribution >= 4 is 44.9 Å². The first kappa shape index (κ1) is 13.8. The molecule has 1 aromatic heterocycles. The number of anilines is 2. The van der Waals surface area contributed by atoms with Crippen molar-refractivity contribution in [3.05, 3.63) is 51.3 Å². The molecule has 0 radical (unpaired) electrons. The average Bonchev–Trinajstić information content (AvgIpc) is 2.36. The number of carbonyl (C=O) groups excluding carboxylic acids is 1. The molecule has 0 spiro atoms. The van der Waals surface area contributed by atoms with Gasteiger partial charge < -0.3 is 11.1 Å². The lowest BCUT2D eigenvalue weighted by Gasteiger charge is -2.08. The molecule has 0 saturated carbocycles. The molecule has 1 heterocycles. The fraction of sp³-hybridized carbons (Fsp3) is 0. The Labute approximate surface area is 121 Å². The van der Waals surface area contributed by atoms with E-state index in [-0.39, 0.29) is 22.1 Å². The topological polar surface area (TPSA) is 68.0 Å². The highest BCUT2D eigenvalue weighted by Gasteiger charge is 2.13. The van der Waals surface area contributed by atoms with Gasteiger partial charge in [0.1, 0.15) is 11.6 Å². The van der Waals surface area contributed by atoms with Crippen molar-refractivity contribution in [2.75, 3.05) is 11.1 Å². The van der Waals surface area contributed by atoms with E-state index in [2.05, 4.69) is 26.2 Å². The lowest BCUT2D eigenvalue weighted by molar-refractivity contribution is 0.102. The monoisotopic (exact) mass is 343 g/mol. The van der Waals surface area contributed by atoms with Gasteiger partial charge in [-0.25, -0.2) is 9.37 Å². The van der Waals surface area contributed by atoms with Crippen LogP contribution in [-0.2, 0) is 0 Å². The third kappa shape index (κ3) is 3.21. The molecule has 0 aliphatic rings. The van der Waals surface area contributed by atoms with Crippen molar-refractivity contribution in [1.82, 2.24) is 4.98 Å². The number of rotatable bonds is 2. The fourth-order valence-electron chi connectivity index (χ4n) is 1.41. The summed E-state index contributed by atoms with van der Waals surface area (Å²) in [5.41, 5.74) is 5.66. The van der Waals surface area contributed by atoms with Crippen molar-refractivity contribution in [3.8, 4) is 0 Å². The van der Waals surface area contributed by atoms with E-state index >= 15 is 0 Å². The first-order valence-corrected chi connectivity index (χ1v) is 6.32. The van der Waals surface area contributed by atoms with Gasteiger partial charge in [-0.2, -0.15) is 0 Å². The van der Waals surface area contributed by atoms with Gasteiger partial charge in [0.2, 0.25) is 0 Å². The molecule has 0 aliphatic heterocycles. The largest absolute Gasteiger partial charge is 0.384 e. The van der Waals surface area contributed by atoms with E-state index in [0.29, 0.717) is 4.47 Å². The van der Waals surface area contributed by atoms with Crippen LogP contribution in [0.2, 0.25) is 5.02 Å². The first-order chi connectivity index (χ1) is 8.97. The van der Waals surface area contributed by atoms with Gasteiger partial charge in [-0.05, 0) is 24.3 Å². The number of nitrogens with two attached hydrogens (primary N) is 1. The van der Waals surface area contributed by atoms with Crippen LogP contribution in [0.15, 0.2) is 34.9 Å². The van der Waals surface area contributed by atoms with Crippen LogP contribution >= 0.6 is 27.5 Å². The molecule has 0 saturated heterocycles. The lowest BCUT2D eigenvalue weighted by atomic mass is 10.2. The van der Waals surface area contributed by atoms with Crippen LogP contribution in [0, 0.1) is 5.82 Å². The smallest absolute Gasteiger partial charge is 0.257 e. The van der Waals surface area contributed by atoms with E-state index in [9.17, 15) is 9.18 Å². The molecular weight excluding hydrogens is 337 g/mol. The zero-order valence-electron chi connectivity index (χ0n) is 9.45. The van der Waals surface area contributed by atoms with Gasteiger partial charge in [-0.15, -0.1) is 0 Å². The zero-order chi connectivity index (χ0) is 14.0. The summed E-state index contributed by atoms with van der Waals surface area (Å²) >= 11 is 9.04. The van der Waals surface area contributed by atoms with E-state index in [1.165, 1.54) is 30.5 Å². The van der Waals surface area contributed by atoms with Crippen LogP contribution in [0.5, 0.6) is 0 Å². The predicted molar refractivity (Wildman–Crippen MR) is 75.7 cm³/mol. The van der Waals surface area contributed by atoms with E-state index in [4.69, 9.17) is 17.3 Å². The lowest BCUT2D eigenvalue weighted by Crippen LogP contribution is -2.14. The van der Waals surface area contributed by atoms with Gasteiger partial charge in [0.25, 0.3) is 5.91 Å². The van der Waals surface area contributed by atoms with E-state index in [1.54, 1.807) is 0 Å². The summed E-state index contributed by atoms with van der Waals surface area (Å²) in [6, 6.07) is 5.55. The Kier molecular flexibility index (Phi) is 4.01. The molecule has 2 aromatic rings. The maximum Gasteiger partial charge on any atom is 0.257 e. The van der Waals surface area contributed by atoms with Gasteiger partial charge in [-0.3, -0.25) is 4.79 Å². The van der Waals surface area contributed by atoms with Crippen LogP contribution in [0.4, 0.5) is 15.9 Å². The van der Waals surface area contributed by atoms with E-state index < -0.39 is 11.7 Å². The molecule has 0 fully saturated rings. The molecule has 1 amide bonds. The molecule has 0 aliphatic carbocycles. The Bertz CT molecular complexity index is 651. The second-order valence-corrected chi connectivity index (χ2v) is 4.99. The maximum absolute atomic E-state index is 13.5. The number of nitrogens with one attached hydrogen (secondary N) is 1. The van der Waals surface area contributed by atoms with Crippen molar-refractivity contribution in [1.29, 1.82) is 0 Å². The number of aromatic nitrogens is 1. The third-order valence-electron chi connectivity index (χ3n) is 2.30. The molecule has 4 nitrogen and oxygen atoms in total. The van der Waals surface area contributed by atoms with Crippen molar-refractivity contribution in [2.24, 2.45) is 0 Å². The summed E-state index contributed by atoms with van der Waals surface area (Å²) in [7, 11) is 0. The summed E-state index contributed by atoms with van der Waals surface area (Å²) in [5.74, 6) is -0.949. The normalized spacial score (nSPS) is 10.3. The average molecular weight is 345 g/mol. The highest BCUT2D eigenvalue weighted by molar-refractivity contribution is 9.10. The quantitative estimate of drug-likeness (QED) is 0.876. The highest BCUT2D eigenvalue weighted by atomic mass is 79.9. The molecule has 98 valence electrons. The number of halogens is 3. The molecule has 2 rings (SSSR count). The number of benzene rings is 1. The van der Waals surface area contributed by atoms with Crippen LogP contribution < -0.4 is 11.1 Å². The van der Waals surface area contributed by atoms with Crippen LogP contribution in [0.25, 0.3) is 0 Å². The highest BCUT2D eigenvalue weighted by Crippen LogP contribution is 2.22. The Balaban J connectivity index is 2.30. The number of carbonyl (C=O) groups is 1.